The molecule has 1 saturated carbocycles. The summed E-state index contributed by atoms with van der Waals surface area (Å²) in [4.78, 5) is 0. The monoisotopic (exact) mass is 275 g/mol. The molecule has 0 spiro atoms. The summed E-state index contributed by atoms with van der Waals surface area (Å²) >= 11 is 5.34. The van der Waals surface area contributed by atoms with Gasteiger partial charge in [0.2, 0.25) is 0 Å². The van der Waals surface area contributed by atoms with E-state index in [1.165, 1.54) is 6.42 Å². The minimum absolute atomic E-state index is 0.0481. The molecule has 3 rings (SSSR count). The fraction of sp³-hybridized carbons (Fsp3) is 0.429. The number of methoxy groups -OCH3 is 1. The fourth-order valence-electron chi connectivity index (χ4n) is 2.60. The number of ether oxygens (including phenoxy) is 1. The molecule has 0 saturated heterocycles. The summed E-state index contributed by atoms with van der Waals surface area (Å²) in [6.45, 7) is 0. The standard InChI is InChI=1S/C14H17N3OS/c1-18-14(8-5-9-14)10-12-15-16-13(19)17(12)11-6-3-2-4-7-11/h2-4,6-7H,5,8-10H2,1H3,(H,16,19). The number of aromatic amines is 1. The molecule has 1 N–H and O–H groups in total. The third kappa shape index (κ3) is 2.24. The van der Waals surface area contributed by atoms with Gasteiger partial charge in [-0.3, -0.25) is 9.67 Å². The van der Waals surface area contributed by atoms with Gasteiger partial charge in [0.25, 0.3) is 0 Å². The smallest absolute Gasteiger partial charge is 0.199 e. The lowest BCUT2D eigenvalue weighted by molar-refractivity contribution is -0.0723. The first-order valence-corrected chi connectivity index (χ1v) is 6.92. The number of nitrogens with one attached hydrogen (secondary N) is 1. The van der Waals surface area contributed by atoms with Crippen molar-refractivity contribution < 1.29 is 4.74 Å². The van der Waals surface area contributed by atoms with E-state index in [-0.39, 0.29) is 5.60 Å². The molecule has 1 aliphatic carbocycles. The van der Waals surface area contributed by atoms with Gasteiger partial charge in [-0.2, -0.15) is 5.10 Å². The lowest BCUT2D eigenvalue weighted by atomic mass is 9.77. The van der Waals surface area contributed by atoms with Crippen LogP contribution in [0.15, 0.2) is 30.3 Å². The van der Waals surface area contributed by atoms with Crippen molar-refractivity contribution in [1.82, 2.24) is 14.8 Å². The van der Waals surface area contributed by atoms with E-state index in [2.05, 4.69) is 10.2 Å². The van der Waals surface area contributed by atoms with Crippen molar-refractivity contribution in [2.24, 2.45) is 0 Å². The summed E-state index contributed by atoms with van der Waals surface area (Å²) in [6, 6.07) is 10.1. The van der Waals surface area contributed by atoms with Gasteiger partial charge in [-0.15, -0.1) is 0 Å². The average molecular weight is 275 g/mol. The van der Waals surface area contributed by atoms with Crippen molar-refractivity contribution in [3.8, 4) is 5.69 Å². The Bertz CT molecular complexity index is 608. The average Bonchev–Trinajstić information content (AvgIpc) is 2.76. The predicted molar refractivity (Wildman–Crippen MR) is 76.0 cm³/mol. The van der Waals surface area contributed by atoms with Crippen LogP contribution < -0.4 is 0 Å². The van der Waals surface area contributed by atoms with E-state index in [9.17, 15) is 0 Å². The van der Waals surface area contributed by atoms with Crippen LogP contribution in [0.5, 0.6) is 0 Å². The normalized spacial score (nSPS) is 17.1. The van der Waals surface area contributed by atoms with Gasteiger partial charge in [0.15, 0.2) is 4.77 Å². The molecule has 4 nitrogen and oxygen atoms in total. The van der Waals surface area contributed by atoms with E-state index >= 15 is 0 Å². The van der Waals surface area contributed by atoms with Gasteiger partial charge in [0.1, 0.15) is 5.82 Å². The lowest BCUT2D eigenvalue weighted by Gasteiger charge is -2.40. The molecule has 5 heteroatoms. The van der Waals surface area contributed by atoms with E-state index in [4.69, 9.17) is 17.0 Å². The summed E-state index contributed by atoms with van der Waals surface area (Å²) in [5.74, 6) is 0.942. The zero-order valence-corrected chi connectivity index (χ0v) is 11.7. The number of para-hydroxylation sites is 1. The Morgan fingerprint density at radius 1 is 1.37 bits per heavy atom. The molecule has 2 aromatic rings. The number of nitrogens with zero attached hydrogens (tertiary/aromatic N) is 2. The summed E-state index contributed by atoms with van der Waals surface area (Å²) < 4.78 is 8.30. The first-order chi connectivity index (χ1) is 9.24. The summed E-state index contributed by atoms with van der Waals surface area (Å²) in [7, 11) is 1.78. The lowest BCUT2D eigenvalue weighted by Crippen LogP contribution is -2.42. The number of benzene rings is 1. The van der Waals surface area contributed by atoms with Crippen LogP contribution in [0.1, 0.15) is 25.1 Å². The molecule has 1 aromatic carbocycles. The SMILES string of the molecule is COC1(Cc2n[nH]c(=S)n2-c2ccccc2)CCC1. The molecule has 19 heavy (non-hydrogen) atoms. The number of hydrogen-bond donors (Lipinski definition) is 1. The zero-order valence-electron chi connectivity index (χ0n) is 10.9. The number of hydrogen-bond acceptors (Lipinski definition) is 3. The quantitative estimate of drug-likeness (QED) is 0.872. The molecule has 0 unspecified atom stereocenters. The fourth-order valence-corrected chi connectivity index (χ4v) is 2.86. The van der Waals surface area contributed by atoms with E-state index in [1.54, 1.807) is 7.11 Å². The van der Waals surface area contributed by atoms with Crippen molar-refractivity contribution >= 4 is 12.2 Å². The second kappa shape index (κ2) is 4.90. The van der Waals surface area contributed by atoms with Crippen molar-refractivity contribution in [3.63, 3.8) is 0 Å². The molecule has 0 radical (unpaired) electrons. The first kappa shape index (κ1) is 12.6. The largest absolute Gasteiger partial charge is 0.378 e. The van der Waals surface area contributed by atoms with E-state index in [0.717, 1.165) is 30.8 Å². The number of rotatable bonds is 4. The molecule has 0 bridgehead atoms. The molecule has 1 heterocycles. The van der Waals surface area contributed by atoms with Gasteiger partial charge in [0, 0.05) is 19.2 Å². The topological polar surface area (TPSA) is 42.8 Å². The van der Waals surface area contributed by atoms with Gasteiger partial charge in [-0.25, -0.2) is 0 Å². The highest BCUT2D eigenvalue weighted by Crippen LogP contribution is 2.37. The van der Waals surface area contributed by atoms with Crippen molar-refractivity contribution in [3.05, 3.63) is 40.9 Å². The molecule has 1 aromatic heterocycles. The van der Waals surface area contributed by atoms with Crippen LogP contribution in [0.4, 0.5) is 0 Å². The molecule has 0 atom stereocenters. The highest BCUT2D eigenvalue weighted by Gasteiger charge is 2.38. The number of aromatic nitrogens is 3. The van der Waals surface area contributed by atoms with Crippen LogP contribution in [0.25, 0.3) is 5.69 Å². The van der Waals surface area contributed by atoms with Gasteiger partial charge in [-0.05, 0) is 43.6 Å². The van der Waals surface area contributed by atoms with Crippen LogP contribution >= 0.6 is 12.2 Å². The van der Waals surface area contributed by atoms with Gasteiger partial charge < -0.3 is 4.74 Å². The molecule has 0 amide bonds. The second-order valence-corrected chi connectivity index (χ2v) is 5.42. The van der Waals surface area contributed by atoms with Crippen LogP contribution in [0.3, 0.4) is 0 Å². The summed E-state index contributed by atoms with van der Waals surface area (Å²) in [6.07, 6.45) is 4.21. The minimum atomic E-state index is -0.0481. The Labute approximate surface area is 117 Å². The second-order valence-electron chi connectivity index (χ2n) is 5.03. The molecule has 100 valence electrons. The maximum atomic E-state index is 5.68. The number of H-pyrrole nitrogens is 1. The van der Waals surface area contributed by atoms with E-state index < -0.39 is 0 Å². The predicted octanol–water partition coefficient (Wildman–Crippen LogP) is 3.04. The Hall–Kier alpha value is -1.46. The minimum Gasteiger partial charge on any atom is -0.378 e. The third-order valence-electron chi connectivity index (χ3n) is 3.93. The van der Waals surface area contributed by atoms with E-state index in [0.29, 0.717) is 4.77 Å². The first-order valence-electron chi connectivity index (χ1n) is 6.51. The van der Waals surface area contributed by atoms with Crippen molar-refractivity contribution in [2.75, 3.05) is 7.11 Å². The summed E-state index contributed by atoms with van der Waals surface area (Å²) in [5.41, 5.74) is 0.995. The molecule has 1 aliphatic rings. The zero-order chi connectivity index (χ0) is 13.3. The Balaban J connectivity index is 1.98. The maximum Gasteiger partial charge on any atom is 0.199 e. The molecular formula is C14H17N3OS. The van der Waals surface area contributed by atoms with Crippen LogP contribution in [-0.4, -0.2) is 27.5 Å². The van der Waals surface area contributed by atoms with Gasteiger partial charge >= 0.3 is 0 Å². The molecule has 1 fully saturated rings. The highest BCUT2D eigenvalue weighted by molar-refractivity contribution is 7.71. The molecule has 0 aliphatic heterocycles. The Morgan fingerprint density at radius 2 is 2.11 bits per heavy atom. The van der Waals surface area contributed by atoms with Crippen LogP contribution in [0.2, 0.25) is 0 Å². The van der Waals surface area contributed by atoms with Crippen molar-refractivity contribution in [1.29, 1.82) is 0 Å². The van der Waals surface area contributed by atoms with Crippen LogP contribution in [-0.2, 0) is 11.2 Å². The van der Waals surface area contributed by atoms with Gasteiger partial charge in [0.05, 0.1) is 5.60 Å². The third-order valence-corrected chi connectivity index (χ3v) is 4.21. The Kier molecular flexibility index (Phi) is 3.24. The van der Waals surface area contributed by atoms with Crippen LogP contribution in [0, 0.1) is 4.77 Å². The Morgan fingerprint density at radius 3 is 2.68 bits per heavy atom. The van der Waals surface area contributed by atoms with Crippen molar-refractivity contribution in [2.45, 2.75) is 31.3 Å². The van der Waals surface area contributed by atoms with E-state index in [1.807, 2.05) is 34.9 Å². The highest BCUT2D eigenvalue weighted by atomic mass is 32.1. The summed E-state index contributed by atoms with van der Waals surface area (Å²) in [5, 5.41) is 7.26. The molecular weight excluding hydrogens is 258 g/mol. The maximum absolute atomic E-state index is 5.68. The van der Waals surface area contributed by atoms with Gasteiger partial charge in [-0.1, -0.05) is 18.2 Å².